The van der Waals surface area contributed by atoms with Crippen LogP contribution in [0.2, 0.25) is 0 Å². The topological polar surface area (TPSA) is 108 Å². The van der Waals surface area contributed by atoms with Crippen LogP contribution in [0.5, 0.6) is 11.5 Å². The van der Waals surface area contributed by atoms with Gasteiger partial charge < -0.3 is 20.5 Å². The molecule has 162 valence electrons. The minimum atomic E-state index is 0.229. The van der Waals surface area contributed by atoms with E-state index in [9.17, 15) is 0 Å². The number of benzene rings is 3. The highest BCUT2D eigenvalue weighted by Gasteiger charge is 2.17. The average molecular weight is 455 g/mol. The molecule has 0 unspecified atom stereocenters. The van der Waals surface area contributed by atoms with E-state index in [0.717, 1.165) is 38.1 Å². The fourth-order valence-corrected chi connectivity index (χ4v) is 4.70. The fraction of sp³-hybridized carbons (Fsp3) is 0.0833. The maximum Gasteiger partial charge on any atom is 0.231 e. The molecule has 6 rings (SSSR count). The van der Waals surface area contributed by atoms with Crippen LogP contribution in [0.4, 0.5) is 11.5 Å². The first-order valence-corrected chi connectivity index (χ1v) is 11.1. The van der Waals surface area contributed by atoms with E-state index in [0.29, 0.717) is 29.0 Å². The Bertz CT molecular complexity index is 1520. The van der Waals surface area contributed by atoms with E-state index in [4.69, 9.17) is 20.2 Å². The summed E-state index contributed by atoms with van der Waals surface area (Å²) in [6, 6.07) is 19.6. The van der Waals surface area contributed by atoms with E-state index in [2.05, 4.69) is 20.3 Å². The van der Waals surface area contributed by atoms with Crippen LogP contribution < -0.4 is 20.5 Å². The molecule has 0 radical (unpaired) electrons. The van der Waals surface area contributed by atoms with Crippen LogP contribution >= 0.6 is 11.3 Å². The number of nitrogens with one attached hydrogen (secondary N) is 1. The monoisotopic (exact) mass is 454 g/mol. The molecule has 0 spiro atoms. The van der Waals surface area contributed by atoms with Gasteiger partial charge in [0, 0.05) is 11.8 Å². The van der Waals surface area contributed by atoms with Gasteiger partial charge in [-0.05, 0) is 29.8 Å². The van der Waals surface area contributed by atoms with Gasteiger partial charge >= 0.3 is 0 Å². The number of fused-ring (bicyclic) bond motifs is 4. The molecule has 1 aliphatic rings. The second-order valence-electron chi connectivity index (χ2n) is 7.43. The number of aliphatic imine (C=N–C) groups is 1. The Morgan fingerprint density at radius 3 is 2.76 bits per heavy atom. The maximum absolute atomic E-state index is 6.29. The molecule has 1 aliphatic heterocycles. The third kappa shape index (κ3) is 3.68. The van der Waals surface area contributed by atoms with Crippen LogP contribution in [0.3, 0.4) is 0 Å². The van der Waals surface area contributed by atoms with Gasteiger partial charge in [0.15, 0.2) is 22.3 Å². The van der Waals surface area contributed by atoms with Crippen molar-refractivity contribution >= 4 is 49.8 Å². The molecule has 9 heteroatoms. The summed E-state index contributed by atoms with van der Waals surface area (Å²) in [6.07, 6.45) is 1.54. The Morgan fingerprint density at radius 1 is 1.00 bits per heavy atom. The summed E-state index contributed by atoms with van der Waals surface area (Å²) < 4.78 is 11.8. The lowest BCUT2D eigenvalue weighted by molar-refractivity contribution is 0.174. The lowest BCUT2D eigenvalue weighted by Gasteiger charge is -2.09. The third-order valence-corrected chi connectivity index (χ3v) is 6.40. The van der Waals surface area contributed by atoms with Gasteiger partial charge in [0.05, 0.1) is 27.7 Å². The lowest BCUT2D eigenvalue weighted by atomic mass is 10.2. The van der Waals surface area contributed by atoms with Gasteiger partial charge in [-0.3, -0.25) is 4.99 Å². The van der Waals surface area contributed by atoms with E-state index in [-0.39, 0.29) is 6.79 Å². The van der Waals surface area contributed by atoms with Crippen molar-refractivity contribution in [3.63, 3.8) is 0 Å². The Balaban J connectivity index is 1.38. The van der Waals surface area contributed by atoms with Gasteiger partial charge in [-0.25, -0.2) is 15.0 Å². The normalized spacial score (nSPS) is 13.0. The molecule has 3 N–H and O–H groups in total. The molecule has 5 aromatic rings. The maximum atomic E-state index is 6.29. The van der Waals surface area contributed by atoms with Crippen LogP contribution in [-0.2, 0) is 6.54 Å². The quantitative estimate of drug-likeness (QED) is 0.295. The number of nitrogens with zero attached hydrogens (tertiary/aromatic N) is 4. The first-order chi connectivity index (χ1) is 16.2. The molecule has 33 heavy (non-hydrogen) atoms. The van der Waals surface area contributed by atoms with Crippen molar-refractivity contribution < 1.29 is 9.47 Å². The summed E-state index contributed by atoms with van der Waals surface area (Å²) in [5.41, 5.74) is 9.86. The molecule has 0 bridgehead atoms. The first kappa shape index (κ1) is 19.4. The zero-order valence-electron chi connectivity index (χ0n) is 17.4. The molecular weight excluding hydrogens is 436 g/mol. The second-order valence-corrected chi connectivity index (χ2v) is 8.43. The smallest absolute Gasteiger partial charge is 0.231 e. The molecule has 0 aliphatic carbocycles. The largest absolute Gasteiger partial charge is 0.454 e. The van der Waals surface area contributed by atoms with Crippen LogP contribution in [0.25, 0.3) is 21.1 Å². The molecule has 0 saturated carbocycles. The predicted molar refractivity (Wildman–Crippen MR) is 129 cm³/mol. The summed E-state index contributed by atoms with van der Waals surface area (Å²) in [7, 11) is 0. The SMILES string of the molecule is NC(=NCc1ccccc1)c1nc2ccc3ncnc(Nc4ccc5c(c4)OCO5)c3c2s1. The minimum Gasteiger partial charge on any atom is -0.454 e. The van der Waals surface area contributed by atoms with E-state index in [1.165, 1.54) is 11.3 Å². The Labute approximate surface area is 192 Å². The summed E-state index contributed by atoms with van der Waals surface area (Å²) in [6.45, 7) is 0.732. The highest BCUT2D eigenvalue weighted by atomic mass is 32.1. The molecule has 0 atom stereocenters. The number of rotatable bonds is 5. The molecule has 0 saturated heterocycles. The molecule has 0 amide bonds. The first-order valence-electron chi connectivity index (χ1n) is 10.3. The molecular formula is C24H18N6O2S. The Kier molecular flexibility index (Phi) is 4.73. The Morgan fingerprint density at radius 2 is 1.85 bits per heavy atom. The van der Waals surface area contributed by atoms with Gasteiger partial charge in [0.2, 0.25) is 6.79 Å². The summed E-state index contributed by atoms with van der Waals surface area (Å²) in [5.74, 6) is 2.52. The Hall–Kier alpha value is -4.24. The van der Waals surface area contributed by atoms with Gasteiger partial charge in [-0.15, -0.1) is 11.3 Å². The van der Waals surface area contributed by atoms with E-state index >= 15 is 0 Å². The standard InChI is InChI=1S/C24H18N6O2S/c25-22(26-11-14-4-2-1-3-5-14)24-30-17-8-7-16-20(21(17)33-24)23(28-12-27-16)29-15-6-9-18-19(10-15)32-13-31-18/h1-10,12H,11,13H2,(H2,25,26)(H,27,28,29). The van der Waals surface area contributed by atoms with Gasteiger partial charge in [0.25, 0.3) is 0 Å². The summed E-state index contributed by atoms with van der Waals surface area (Å²) in [4.78, 5) is 18.2. The number of thiazole rings is 1. The molecule has 0 fully saturated rings. The second kappa shape index (κ2) is 8.03. The van der Waals surface area contributed by atoms with E-state index in [1.807, 2.05) is 60.7 Å². The van der Waals surface area contributed by atoms with Crippen molar-refractivity contribution in [2.24, 2.45) is 10.7 Å². The van der Waals surface area contributed by atoms with Gasteiger partial charge in [-0.2, -0.15) is 0 Å². The van der Waals surface area contributed by atoms with Crippen molar-refractivity contribution in [1.29, 1.82) is 0 Å². The molecule has 3 aromatic carbocycles. The van der Waals surface area contributed by atoms with Crippen molar-refractivity contribution in [3.05, 3.63) is 77.6 Å². The molecule has 8 nitrogen and oxygen atoms in total. The van der Waals surface area contributed by atoms with Crippen LogP contribution in [0, 0.1) is 0 Å². The average Bonchev–Trinajstić information content (AvgIpc) is 3.50. The van der Waals surface area contributed by atoms with E-state index in [1.54, 1.807) is 6.33 Å². The minimum absolute atomic E-state index is 0.229. The van der Waals surface area contributed by atoms with Crippen molar-refractivity contribution in [2.75, 3.05) is 12.1 Å². The van der Waals surface area contributed by atoms with E-state index < -0.39 is 0 Å². The zero-order valence-corrected chi connectivity index (χ0v) is 18.2. The number of hydrogen-bond acceptors (Lipinski definition) is 8. The van der Waals surface area contributed by atoms with Crippen molar-refractivity contribution in [2.45, 2.75) is 6.54 Å². The van der Waals surface area contributed by atoms with Gasteiger partial charge in [0.1, 0.15) is 12.1 Å². The summed E-state index contributed by atoms with van der Waals surface area (Å²) >= 11 is 1.48. The number of ether oxygens (including phenoxy) is 2. The van der Waals surface area contributed by atoms with Gasteiger partial charge in [-0.1, -0.05) is 30.3 Å². The highest BCUT2D eigenvalue weighted by Crippen LogP contribution is 2.37. The predicted octanol–water partition coefficient (Wildman–Crippen LogP) is 4.62. The highest BCUT2D eigenvalue weighted by molar-refractivity contribution is 7.21. The van der Waals surface area contributed by atoms with Crippen molar-refractivity contribution in [3.8, 4) is 11.5 Å². The van der Waals surface area contributed by atoms with Crippen LogP contribution in [0.15, 0.2) is 72.0 Å². The number of anilines is 2. The van der Waals surface area contributed by atoms with Crippen LogP contribution in [-0.4, -0.2) is 27.6 Å². The summed E-state index contributed by atoms with van der Waals surface area (Å²) in [5, 5.41) is 4.94. The molecule has 2 aromatic heterocycles. The third-order valence-electron chi connectivity index (χ3n) is 5.29. The number of aromatic nitrogens is 3. The number of nitrogens with two attached hydrogens (primary N) is 1. The zero-order chi connectivity index (χ0) is 22.2. The van der Waals surface area contributed by atoms with Crippen LogP contribution in [0.1, 0.15) is 10.6 Å². The number of amidine groups is 1. The molecule has 3 heterocycles. The number of hydrogen-bond donors (Lipinski definition) is 2. The lowest BCUT2D eigenvalue weighted by Crippen LogP contribution is -2.13. The van der Waals surface area contributed by atoms with Crippen molar-refractivity contribution in [1.82, 2.24) is 15.0 Å². The fourth-order valence-electron chi connectivity index (χ4n) is 3.67.